The smallest absolute Gasteiger partial charge is 0.251 e. The summed E-state index contributed by atoms with van der Waals surface area (Å²) >= 11 is 5.95. The topological polar surface area (TPSA) is 75.4 Å². The number of fused-ring (bicyclic) bond motifs is 1. The average Bonchev–Trinajstić information content (AvgIpc) is 3.16. The van der Waals surface area contributed by atoms with Crippen molar-refractivity contribution in [2.24, 2.45) is 0 Å². The van der Waals surface area contributed by atoms with E-state index in [9.17, 15) is 9.59 Å². The van der Waals surface area contributed by atoms with Crippen molar-refractivity contribution < 1.29 is 14.1 Å². The number of nitrogens with zero attached hydrogens (tertiary/aromatic N) is 2. The Hall–Kier alpha value is -3.12. The Bertz CT molecular complexity index is 999. The molecule has 7 heteroatoms. The molecule has 1 N–H and O–H groups in total. The lowest BCUT2D eigenvalue weighted by Gasteiger charge is -2.26. The molecular weight excluding hydrogens is 378 g/mol. The first-order chi connectivity index (χ1) is 13.6. The van der Waals surface area contributed by atoms with Gasteiger partial charge in [-0.05, 0) is 36.4 Å². The second-order valence-electron chi connectivity index (χ2n) is 6.56. The van der Waals surface area contributed by atoms with Crippen molar-refractivity contribution in [2.75, 3.05) is 13.1 Å². The van der Waals surface area contributed by atoms with Gasteiger partial charge < -0.3 is 14.7 Å². The minimum atomic E-state index is -0.265. The molecule has 28 heavy (non-hydrogen) atoms. The van der Waals surface area contributed by atoms with Crippen LogP contribution < -0.4 is 5.32 Å². The minimum absolute atomic E-state index is 0.0510. The molecule has 0 fully saturated rings. The molecule has 142 valence electrons. The maximum absolute atomic E-state index is 12.6. The first-order valence-corrected chi connectivity index (χ1v) is 9.34. The second-order valence-corrected chi connectivity index (χ2v) is 6.99. The number of hydrogen-bond donors (Lipinski definition) is 1. The Labute approximate surface area is 167 Å². The summed E-state index contributed by atoms with van der Waals surface area (Å²) in [6.07, 6.45) is 0.616. The van der Waals surface area contributed by atoms with Crippen LogP contribution in [0.1, 0.15) is 21.6 Å². The van der Waals surface area contributed by atoms with Gasteiger partial charge in [0.1, 0.15) is 0 Å². The van der Waals surface area contributed by atoms with Crippen molar-refractivity contribution in [3.05, 3.63) is 76.4 Å². The average molecular weight is 396 g/mol. The minimum Gasteiger partial charge on any atom is -0.356 e. The van der Waals surface area contributed by atoms with Gasteiger partial charge in [0.05, 0.1) is 18.8 Å². The molecule has 1 aromatic heterocycles. The number of carbonyl (C=O) groups is 2. The summed E-state index contributed by atoms with van der Waals surface area (Å²) in [5.41, 5.74) is 3.16. The normalized spacial score (nSPS) is 13.1. The lowest BCUT2D eigenvalue weighted by molar-refractivity contribution is -0.131. The summed E-state index contributed by atoms with van der Waals surface area (Å²) in [6.45, 7) is 0.890. The fourth-order valence-electron chi connectivity index (χ4n) is 3.21. The molecule has 2 aromatic carbocycles. The number of amides is 2. The number of nitrogens with one attached hydrogen (secondary N) is 1. The summed E-state index contributed by atoms with van der Waals surface area (Å²) in [5, 5.41) is 7.47. The van der Waals surface area contributed by atoms with Crippen molar-refractivity contribution in [3.63, 3.8) is 0 Å². The molecule has 0 saturated carbocycles. The van der Waals surface area contributed by atoms with Gasteiger partial charge in [-0.2, -0.15) is 0 Å². The maximum atomic E-state index is 12.6. The molecule has 0 spiro atoms. The predicted molar refractivity (Wildman–Crippen MR) is 105 cm³/mol. The van der Waals surface area contributed by atoms with E-state index in [0.29, 0.717) is 35.9 Å². The molecule has 0 unspecified atom stereocenters. The van der Waals surface area contributed by atoms with Gasteiger partial charge >= 0.3 is 0 Å². The van der Waals surface area contributed by atoms with E-state index in [1.165, 1.54) is 0 Å². The number of hydrogen-bond acceptors (Lipinski definition) is 4. The lowest BCUT2D eigenvalue weighted by Crippen LogP contribution is -2.42. The third-order valence-corrected chi connectivity index (χ3v) is 4.98. The van der Waals surface area contributed by atoms with Gasteiger partial charge in [0.25, 0.3) is 5.91 Å². The first-order valence-electron chi connectivity index (χ1n) is 8.96. The number of aromatic nitrogens is 1. The van der Waals surface area contributed by atoms with Crippen molar-refractivity contribution in [1.82, 2.24) is 15.4 Å². The maximum Gasteiger partial charge on any atom is 0.251 e. The fraction of sp³-hybridized carbons (Fsp3) is 0.190. The molecule has 0 aliphatic carbocycles. The molecule has 3 aromatic rings. The number of carbonyl (C=O) groups excluding carboxylic acids is 2. The van der Waals surface area contributed by atoms with Crippen molar-refractivity contribution in [2.45, 2.75) is 13.0 Å². The molecule has 2 amide bonds. The van der Waals surface area contributed by atoms with Crippen molar-refractivity contribution in [3.8, 4) is 11.3 Å². The Morgan fingerprint density at radius 1 is 1.11 bits per heavy atom. The van der Waals surface area contributed by atoms with Crippen LogP contribution in [-0.2, 0) is 17.8 Å². The Morgan fingerprint density at radius 3 is 2.61 bits per heavy atom. The Morgan fingerprint density at radius 2 is 1.86 bits per heavy atom. The van der Waals surface area contributed by atoms with Crippen LogP contribution in [0.4, 0.5) is 0 Å². The highest BCUT2D eigenvalue weighted by Gasteiger charge is 2.27. The molecule has 0 atom stereocenters. The zero-order chi connectivity index (χ0) is 19.5. The van der Waals surface area contributed by atoms with Crippen LogP contribution in [-0.4, -0.2) is 35.0 Å². The van der Waals surface area contributed by atoms with Gasteiger partial charge in [0, 0.05) is 34.7 Å². The van der Waals surface area contributed by atoms with E-state index >= 15 is 0 Å². The van der Waals surface area contributed by atoms with Crippen molar-refractivity contribution >= 4 is 23.4 Å². The van der Waals surface area contributed by atoms with E-state index in [-0.39, 0.29) is 18.4 Å². The van der Waals surface area contributed by atoms with E-state index in [1.54, 1.807) is 41.3 Å². The highest BCUT2D eigenvalue weighted by atomic mass is 35.5. The molecule has 1 aliphatic heterocycles. The standard InChI is InChI=1S/C21H18ClN3O3/c22-16-8-6-14(7-9-16)20-17-13-25(11-10-18(17)24-28-20)19(26)12-23-21(27)15-4-2-1-3-5-15/h1-9H,10-13H2,(H,23,27). The number of halogens is 1. The van der Waals surface area contributed by atoms with Crippen LogP contribution in [0.5, 0.6) is 0 Å². The molecule has 2 heterocycles. The van der Waals surface area contributed by atoms with E-state index in [2.05, 4.69) is 10.5 Å². The summed E-state index contributed by atoms with van der Waals surface area (Å²) in [4.78, 5) is 26.5. The quantitative estimate of drug-likeness (QED) is 0.735. The van der Waals surface area contributed by atoms with Gasteiger partial charge in [-0.25, -0.2) is 0 Å². The van der Waals surface area contributed by atoms with Crippen LogP contribution in [0.2, 0.25) is 5.02 Å². The molecule has 1 aliphatic rings. The fourth-order valence-corrected chi connectivity index (χ4v) is 3.34. The highest BCUT2D eigenvalue weighted by molar-refractivity contribution is 6.30. The summed E-state index contributed by atoms with van der Waals surface area (Å²) < 4.78 is 5.53. The monoisotopic (exact) mass is 395 g/mol. The third kappa shape index (κ3) is 3.77. The van der Waals surface area contributed by atoms with Crippen LogP contribution >= 0.6 is 11.6 Å². The summed E-state index contributed by atoms with van der Waals surface area (Å²) in [7, 11) is 0. The van der Waals surface area contributed by atoms with Gasteiger partial charge in [-0.1, -0.05) is 35.0 Å². The van der Waals surface area contributed by atoms with Gasteiger partial charge in [-0.15, -0.1) is 0 Å². The second kappa shape index (κ2) is 7.86. The largest absolute Gasteiger partial charge is 0.356 e. The van der Waals surface area contributed by atoms with Crippen LogP contribution in [0.25, 0.3) is 11.3 Å². The van der Waals surface area contributed by atoms with Gasteiger partial charge in [-0.3, -0.25) is 9.59 Å². The van der Waals surface area contributed by atoms with E-state index < -0.39 is 0 Å². The highest BCUT2D eigenvalue weighted by Crippen LogP contribution is 2.31. The SMILES string of the molecule is O=C(NCC(=O)N1CCc2noc(-c3ccc(Cl)cc3)c2C1)c1ccccc1. The summed E-state index contributed by atoms with van der Waals surface area (Å²) in [5.74, 6) is 0.245. The molecule has 6 nitrogen and oxygen atoms in total. The first kappa shape index (κ1) is 18.3. The van der Waals surface area contributed by atoms with Crippen LogP contribution in [0.3, 0.4) is 0 Å². The lowest BCUT2D eigenvalue weighted by atomic mass is 10.0. The van der Waals surface area contributed by atoms with Crippen molar-refractivity contribution in [1.29, 1.82) is 0 Å². The predicted octanol–water partition coefficient (Wildman–Crippen LogP) is 3.31. The Kier molecular flexibility index (Phi) is 5.12. The van der Waals surface area contributed by atoms with Crippen LogP contribution in [0, 0.1) is 0 Å². The molecule has 0 saturated heterocycles. The number of rotatable bonds is 4. The molecule has 0 bridgehead atoms. The van der Waals surface area contributed by atoms with Gasteiger partial charge in [0.15, 0.2) is 5.76 Å². The van der Waals surface area contributed by atoms with Gasteiger partial charge in [0.2, 0.25) is 5.91 Å². The number of benzene rings is 2. The summed E-state index contributed by atoms with van der Waals surface area (Å²) in [6, 6.07) is 16.1. The zero-order valence-electron chi connectivity index (χ0n) is 15.0. The Balaban J connectivity index is 1.43. The third-order valence-electron chi connectivity index (χ3n) is 4.73. The molecule has 4 rings (SSSR count). The van der Waals surface area contributed by atoms with E-state index in [1.807, 2.05) is 18.2 Å². The zero-order valence-corrected chi connectivity index (χ0v) is 15.8. The van der Waals surface area contributed by atoms with E-state index in [0.717, 1.165) is 16.8 Å². The molecule has 0 radical (unpaired) electrons. The van der Waals surface area contributed by atoms with Crippen LogP contribution in [0.15, 0.2) is 59.1 Å². The molecular formula is C21H18ClN3O3. The van der Waals surface area contributed by atoms with E-state index in [4.69, 9.17) is 16.1 Å².